The molecule has 0 bridgehead atoms. The van der Waals surface area contributed by atoms with Crippen LogP contribution in [0.2, 0.25) is 0 Å². The van der Waals surface area contributed by atoms with Crippen LogP contribution in [0.1, 0.15) is 31.0 Å². The van der Waals surface area contributed by atoms with Gasteiger partial charge in [-0.25, -0.2) is 0 Å². The molecule has 5 nitrogen and oxygen atoms in total. The molecule has 66 valence electrons. The fourth-order valence-corrected chi connectivity index (χ4v) is 1.09. The van der Waals surface area contributed by atoms with Crippen molar-refractivity contribution >= 4 is 0 Å². The normalized spacial score (nSPS) is 16.8. The summed E-state index contributed by atoms with van der Waals surface area (Å²) in [6.45, 7) is 1.47. The minimum Gasteiger partial charge on any atom is -0.330 e. The SMILES string of the molecule is NCCCn1nnc(C2CC2)n1. The summed E-state index contributed by atoms with van der Waals surface area (Å²) < 4.78 is 0. The van der Waals surface area contributed by atoms with Crippen LogP contribution in [-0.4, -0.2) is 26.8 Å². The van der Waals surface area contributed by atoms with E-state index < -0.39 is 0 Å². The highest BCUT2D eigenvalue weighted by atomic mass is 15.6. The molecule has 1 aliphatic carbocycles. The van der Waals surface area contributed by atoms with Crippen LogP contribution in [0.5, 0.6) is 0 Å². The second-order valence-corrected chi connectivity index (χ2v) is 3.16. The number of nitrogens with zero attached hydrogens (tertiary/aromatic N) is 4. The van der Waals surface area contributed by atoms with Crippen molar-refractivity contribution in [3.8, 4) is 0 Å². The molecule has 0 unspecified atom stereocenters. The summed E-state index contributed by atoms with van der Waals surface area (Å²) >= 11 is 0. The standard InChI is InChI=1S/C7H13N5/c8-4-1-5-12-10-7(9-11-12)6-2-3-6/h6H,1-5,8H2. The van der Waals surface area contributed by atoms with Gasteiger partial charge in [-0.15, -0.1) is 10.2 Å². The number of tetrazole rings is 1. The van der Waals surface area contributed by atoms with Crippen molar-refractivity contribution < 1.29 is 0 Å². The molecule has 2 rings (SSSR count). The number of hydrogen-bond acceptors (Lipinski definition) is 4. The van der Waals surface area contributed by atoms with E-state index in [-0.39, 0.29) is 0 Å². The number of aryl methyl sites for hydroxylation is 1. The van der Waals surface area contributed by atoms with E-state index in [9.17, 15) is 0 Å². The lowest BCUT2D eigenvalue weighted by atomic mass is 10.4. The third kappa shape index (κ3) is 1.61. The molecule has 2 N–H and O–H groups in total. The van der Waals surface area contributed by atoms with E-state index in [4.69, 9.17) is 5.73 Å². The fourth-order valence-electron chi connectivity index (χ4n) is 1.09. The molecule has 12 heavy (non-hydrogen) atoms. The van der Waals surface area contributed by atoms with Crippen LogP contribution in [0.4, 0.5) is 0 Å². The fraction of sp³-hybridized carbons (Fsp3) is 0.857. The largest absolute Gasteiger partial charge is 0.330 e. The van der Waals surface area contributed by atoms with Crippen molar-refractivity contribution in [2.75, 3.05) is 6.54 Å². The predicted octanol–water partition coefficient (Wildman–Crippen LogP) is -0.101. The molecule has 0 aliphatic heterocycles. The summed E-state index contributed by atoms with van der Waals surface area (Å²) in [5.41, 5.74) is 5.37. The van der Waals surface area contributed by atoms with Gasteiger partial charge in [-0.3, -0.25) is 0 Å². The molecule has 0 spiro atoms. The molecular formula is C7H13N5. The Kier molecular flexibility index (Phi) is 2.03. The minimum absolute atomic E-state index is 0.594. The molecule has 0 radical (unpaired) electrons. The van der Waals surface area contributed by atoms with Crippen molar-refractivity contribution in [3.63, 3.8) is 0 Å². The first-order valence-corrected chi connectivity index (χ1v) is 4.38. The van der Waals surface area contributed by atoms with Gasteiger partial charge in [0.1, 0.15) is 0 Å². The summed E-state index contributed by atoms with van der Waals surface area (Å²) in [4.78, 5) is 1.64. The molecule has 5 heteroatoms. The third-order valence-corrected chi connectivity index (χ3v) is 1.97. The molecular weight excluding hydrogens is 154 g/mol. The van der Waals surface area contributed by atoms with Crippen LogP contribution >= 0.6 is 0 Å². The Labute approximate surface area is 70.9 Å². The maximum atomic E-state index is 5.37. The highest BCUT2D eigenvalue weighted by Gasteiger charge is 2.28. The Bertz CT molecular complexity index is 252. The summed E-state index contributed by atoms with van der Waals surface area (Å²) in [5, 5.41) is 12.2. The van der Waals surface area contributed by atoms with Crippen molar-refractivity contribution in [2.24, 2.45) is 5.73 Å². The molecule has 0 amide bonds. The van der Waals surface area contributed by atoms with Gasteiger partial charge in [0.15, 0.2) is 5.82 Å². The van der Waals surface area contributed by atoms with Gasteiger partial charge in [0.2, 0.25) is 0 Å². The summed E-state index contributed by atoms with van der Waals surface area (Å²) in [7, 11) is 0. The van der Waals surface area contributed by atoms with Gasteiger partial charge >= 0.3 is 0 Å². The van der Waals surface area contributed by atoms with Crippen LogP contribution in [0, 0.1) is 0 Å². The Hall–Kier alpha value is -0.970. The van der Waals surface area contributed by atoms with E-state index in [2.05, 4.69) is 15.4 Å². The van der Waals surface area contributed by atoms with E-state index in [0.717, 1.165) is 18.8 Å². The molecule has 0 saturated heterocycles. The summed E-state index contributed by atoms with van der Waals surface area (Å²) in [6.07, 6.45) is 3.37. The Morgan fingerprint density at radius 2 is 2.33 bits per heavy atom. The Morgan fingerprint density at radius 1 is 1.50 bits per heavy atom. The van der Waals surface area contributed by atoms with E-state index in [1.54, 1.807) is 4.80 Å². The Balaban J connectivity index is 1.93. The van der Waals surface area contributed by atoms with Gasteiger partial charge in [0.25, 0.3) is 0 Å². The van der Waals surface area contributed by atoms with Crippen molar-refractivity contribution in [1.82, 2.24) is 20.2 Å². The van der Waals surface area contributed by atoms with Gasteiger partial charge in [0.05, 0.1) is 6.54 Å². The average Bonchev–Trinajstić information content (AvgIpc) is 2.83. The average molecular weight is 167 g/mol. The van der Waals surface area contributed by atoms with Crippen LogP contribution in [0.3, 0.4) is 0 Å². The van der Waals surface area contributed by atoms with Gasteiger partial charge in [0, 0.05) is 5.92 Å². The molecule has 1 aromatic heterocycles. The van der Waals surface area contributed by atoms with E-state index in [1.807, 2.05) is 0 Å². The zero-order valence-corrected chi connectivity index (χ0v) is 6.98. The van der Waals surface area contributed by atoms with Gasteiger partial charge in [-0.05, 0) is 31.0 Å². The first kappa shape index (κ1) is 7.67. The van der Waals surface area contributed by atoms with Crippen LogP contribution in [-0.2, 0) is 6.54 Å². The topological polar surface area (TPSA) is 69.6 Å². The smallest absolute Gasteiger partial charge is 0.177 e. The first-order chi connectivity index (χ1) is 5.90. The maximum Gasteiger partial charge on any atom is 0.177 e. The maximum absolute atomic E-state index is 5.37. The van der Waals surface area contributed by atoms with Gasteiger partial charge in [-0.1, -0.05) is 0 Å². The first-order valence-electron chi connectivity index (χ1n) is 4.38. The number of hydrogen-bond donors (Lipinski definition) is 1. The van der Waals surface area contributed by atoms with E-state index >= 15 is 0 Å². The van der Waals surface area contributed by atoms with Gasteiger partial charge < -0.3 is 5.73 Å². The molecule has 0 aromatic carbocycles. The molecule has 0 atom stereocenters. The highest BCUT2D eigenvalue weighted by Crippen LogP contribution is 2.37. The number of rotatable bonds is 4. The molecule has 1 heterocycles. The molecule has 1 aromatic rings. The summed E-state index contributed by atoms with van der Waals surface area (Å²) in [5.74, 6) is 1.50. The molecule has 1 aliphatic rings. The quantitative estimate of drug-likeness (QED) is 0.679. The molecule has 1 saturated carbocycles. The second-order valence-electron chi connectivity index (χ2n) is 3.16. The number of aromatic nitrogens is 4. The zero-order valence-electron chi connectivity index (χ0n) is 6.98. The monoisotopic (exact) mass is 167 g/mol. The lowest BCUT2D eigenvalue weighted by Crippen LogP contribution is -2.08. The van der Waals surface area contributed by atoms with Gasteiger partial charge in [-0.2, -0.15) is 4.80 Å². The third-order valence-electron chi connectivity index (χ3n) is 1.97. The lowest BCUT2D eigenvalue weighted by molar-refractivity contribution is 0.502. The van der Waals surface area contributed by atoms with Crippen LogP contribution in [0.15, 0.2) is 0 Å². The molecule has 1 fully saturated rings. The zero-order chi connectivity index (χ0) is 8.39. The minimum atomic E-state index is 0.594. The number of nitrogens with two attached hydrogens (primary N) is 1. The van der Waals surface area contributed by atoms with E-state index in [0.29, 0.717) is 12.5 Å². The van der Waals surface area contributed by atoms with E-state index in [1.165, 1.54) is 12.8 Å². The summed E-state index contributed by atoms with van der Waals surface area (Å²) in [6, 6.07) is 0. The second kappa shape index (κ2) is 3.18. The highest BCUT2D eigenvalue weighted by molar-refractivity contribution is 5.00. The van der Waals surface area contributed by atoms with Crippen molar-refractivity contribution in [3.05, 3.63) is 5.82 Å². The van der Waals surface area contributed by atoms with Crippen molar-refractivity contribution in [2.45, 2.75) is 31.7 Å². The van der Waals surface area contributed by atoms with Crippen LogP contribution < -0.4 is 5.73 Å². The van der Waals surface area contributed by atoms with Crippen molar-refractivity contribution in [1.29, 1.82) is 0 Å². The Morgan fingerprint density at radius 3 is 3.00 bits per heavy atom. The van der Waals surface area contributed by atoms with Crippen LogP contribution in [0.25, 0.3) is 0 Å². The predicted molar refractivity (Wildman–Crippen MR) is 43.5 cm³/mol. The lowest BCUT2D eigenvalue weighted by Gasteiger charge is -1.93.